The fraction of sp³-hybridized carbons (Fsp3) is 0.455. The zero-order chi connectivity index (χ0) is 10.1. The average molecular weight is 212 g/mol. The van der Waals surface area contributed by atoms with E-state index < -0.39 is 0 Å². The summed E-state index contributed by atoms with van der Waals surface area (Å²) in [4.78, 5) is 0. The van der Waals surface area contributed by atoms with Crippen LogP contribution in [0.2, 0.25) is 0 Å². The fourth-order valence-electron chi connectivity index (χ4n) is 1.07. The van der Waals surface area contributed by atoms with Crippen molar-refractivity contribution in [1.82, 2.24) is 0 Å². The number of rotatable bonds is 7. The molecule has 0 atom stereocenters. The van der Waals surface area contributed by atoms with E-state index in [9.17, 15) is 0 Å². The van der Waals surface area contributed by atoms with E-state index in [0.29, 0.717) is 6.61 Å². The molecule has 0 unspecified atom stereocenters. The summed E-state index contributed by atoms with van der Waals surface area (Å²) in [6, 6.07) is 10.2. The minimum Gasteiger partial charge on any atom is -0.377 e. The lowest BCUT2D eigenvalue weighted by Crippen LogP contribution is -1.96. The van der Waals surface area contributed by atoms with Crippen LogP contribution in [0.3, 0.4) is 0 Å². The Morgan fingerprint density at radius 2 is 2.00 bits per heavy atom. The summed E-state index contributed by atoms with van der Waals surface area (Å²) in [5.41, 5.74) is 1.23. The largest absolute Gasteiger partial charge is 0.377 e. The van der Waals surface area contributed by atoms with Gasteiger partial charge in [-0.15, -0.1) is 0 Å². The van der Waals surface area contributed by atoms with Crippen LogP contribution in [0.5, 0.6) is 0 Å². The Balaban J connectivity index is 1.99. The van der Waals surface area contributed by atoms with Crippen molar-refractivity contribution in [3.05, 3.63) is 35.9 Å². The van der Waals surface area contributed by atoms with E-state index in [0.717, 1.165) is 18.8 Å². The summed E-state index contributed by atoms with van der Waals surface area (Å²) in [6.45, 7) is 1.50. The van der Waals surface area contributed by atoms with Crippen molar-refractivity contribution >= 4 is 12.0 Å². The first kappa shape index (κ1) is 11.6. The molecular formula is C11H16O2S. The Morgan fingerprint density at radius 3 is 2.71 bits per heavy atom. The van der Waals surface area contributed by atoms with Crippen LogP contribution in [-0.2, 0) is 15.5 Å². The normalized spacial score (nSPS) is 10.4. The first-order chi connectivity index (χ1) is 6.93. The number of benzene rings is 1. The number of hydrogen-bond acceptors (Lipinski definition) is 3. The van der Waals surface area contributed by atoms with Gasteiger partial charge in [-0.2, -0.15) is 0 Å². The molecule has 78 valence electrons. The van der Waals surface area contributed by atoms with Gasteiger partial charge in [0.05, 0.1) is 13.7 Å². The van der Waals surface area contributed by atoms with Crippen molar-refractivity contribution in [2.45, 2.75) is 13.0 Å². The predicted octanol–water partition coefficient (Wildman–Crippen LogP) is 2.89. The third-order valence-corrected chi connectivity index (χ3v) is 2.44. The van der Waals surface area contributed by atoms with E-state index in [1.807, 2.05) is 18.2 Å². The lowest BCUT2D eigenvalue weighted by molar-refractivity contribution is 0.122. The van der Waals surface area contributed by atoms with Crippen molar-refractivity contribution in [2.24, 2.45) is 0 Å². The molecule has 1 rings (SSSR count). The molecule has 0 heterocycles. The van der Waals surface area contributed by atoms with Crippen LogP contribution < -0.4 is 0 Å². The van der Waals surface area contributed by atoms with Crippen LogP contribution in [-0.4, -0.2) is 19.5 Å². The molecule has 1 aromatic rings. The van der Waals surface area contributed by atoms with Crippen LogP contribution in [0, 0.1) is 0 Å². The molecular weight excluding hydrogens is 196 g/mol. The highest BCUT2D eigenvalue weighted by molar-refractivity contribution is 7.94. The standard InChI is InChI=1S/C11H16O2S/c1-12-14-9-5-8-13-10-11-6-3-2-4-7-11/h2-4,6-7H,5,8-10H2,1H3. The predicted molar refractivity (Wildman–Crippen MR) is 60.2 cm³/mol. The third kappa shape index (κ3) is 5.27. The molecule has 0 bridgehead atoms. The molecule has 1 aromatic carbocycles. The topological polar surface area (TPSA) is 18.5 Å². The molecule has 0 aliphatic carbocycles. The van der Waals surface area contributed by atoms with Gasteiger partial charge < -0.3 is 8.92 Å². The van der Waals surface area contributed by atoms with E-state index in [1.165, 1.54) is 17.6 Å². The summed E-state index contributed by atoms with van der Waals surface area (Å²) >= 11 is 1.47. The van der Waals surface area contributed by atoms with Gasteiger partial charge >= 0.3 is 0 Å². The third-order valence-electron chi connectivity index (χ3n) is 1.75. The fourth-order valence-corrected chi connectivity index (χ4v) is 1.47. The molecule has 0 radical (unpaired) electrons. The molecule has 14 heavy (non-hydrogen) atoms. The monoisotopic (exact) mass is 212 g/mol. The molecule has 0 aromatic heterocycles. The van der Waals surface area contributed by atoms with Crippen molar-refractivity contribution < 1.29 is 8.92 Å². The molecule has 0 N–H and O–H groups in total. The quantitative estimate of drug-likeness (QED) is 0.511. The van der Waals surface area contributed by atoms with Gasteiger partial charge in [0.1, 0.15) is 0 Å². The van der Waals surface area contributed by atoms with E-state index in [1.54, 1.807) is 7.11 Å². The van der Waals surface area contributed by atoms with Gasteiger partial charge in [0, 0.05) is 12.4 Å². The van der Waals surface area contributed by atoms with Gasteiger partial charge in [-0.3, -0.25) is 0 Å². The van der Waals surface area contributed by atoms with Crippen LogP contribution >= 0.6 is 12.0 Å². The second-order valence-electron chi connectivity index (χ2n) is 2.88. The van der Waals surface area contributed by atoms with Crippen molar-refractivity contribution in [2.75, 3.05) is 19.5 Å². The average Bonchev–Trinajstić information content (AvgIpc) is 2.25. The number of hydrogen-bond donors (Lipinski definition) is 0. The van der Waals surface area contributed by atoms with E-state index >= 15 is 0 Å². The molecule has 0 fully saturated rings. The lowest BCUT2D eigenvalue weighted by atomic mass is 10.2. The molecule has 0 saturated heterocycles. The van der Waals surface area contributed by atoms with Crippen LogP contribution in [0.4, 0.5) is 0 Å². The summed E-state index contributed by atoms with van der Waals surface area (Å²) in [5.74, 6) is 0.991. The molecule has 0 saturated carbocycles. The first-order valence-corrected chi connectivity index (χ1v) is 5.62. The highest BCUT2D eigenvalue weighted by atomic mass is 32.2. The van der Waals surface area contributed by atoms with Gasteiger partial charge in [-0.1, -0.05) is 30.3 Å². The van der Waals surface area contributed by atoms with Crippen LogP contribution in [0.1, 0.15) is 12.0 Å². The van der Waals surface area contributed by atoms with Crippen LogP contribution in [0.15, 0.2) is 30.3 Å². The maximum Gasteiger partial charge on any atom is 0.0716 e. The maximum absolute atomic E-state index is 5.50. The van der Waals surface area contributed by atoms with Crippen molar-refractivity contribution in [1.29, 1.82) is 0 Å². The molecule has 0 amide bonds. The smallest absolute Gasteiger partial charge is 0.0716 e. The zero-order valence-corrected chi connectivity index (χ0v) is 9.26. The summed E-state index contributed by atoms with van der Waals surface area (Å²) < 4.78 is 10.4. The minimum absolute atomic E-state index is 0.707. The van der Waals surface area contributed by atoms with Gasteiger partial charge in [0.2, 0.25) is 0 Å². The SMILES string of the molecule is COSCCCOCc1ccccc1. The molecule has 3 heteroatoms. The summed E-state index contributed by atoms with van der Waals surface area (Å²) in [7, 11) is 1.69. The Kier molecular flexibility index (Phi) is 6.49. The van der Waals surface area contributed by atoms with Gasteiger partial charge in [0.25, 0.3) is 0 Å². The van der Waals surface area contributed by atoms with Gasteiger partial charge in [-0.05, 0) is 24.0 Å². The Labute approximate surface area is 89.8 Å². The van der Waals surface area contributed by atoms with E-state index in [-0.39, 0.29) is 0 Å². The summed E-state index contributed by atoms with van der Waals surface area (Å²) in [6.07, 6.45) is 1.03. The minimum atomic E-state index is 0.707. The maximum atomic E-state index is 5.50. The van der Waals surface area contributed by atoms with E-state index in [2.05, 4.69) is 12.1 Å². The van der Waals surface area contributed by atoms with E-state index in [4.69, 9.17) is 8.92 Å². The highest BCUT2D eigenvalue weighted by Gasteiger charge is 1.92. The Hall–Kier alpha value is -0.510. The first-order valence-electron chi connectivity index (χ1n) is 4.71. The zero-order valence-electron chi connectivity index (χ0n) is 8.44. The molecule has 0 aliphatic rings. The molecule has 2 nitrogen and oxygen atoms in total. The van der Waals surface area contributed by atoms with Crippen molar-refractivity contribution in [3.8, 4) is 0 Å². The number of ether oxygens (including phenoxy) is 1. The molecule has 0 aliphatic heterocycles. The Bertz CT molecular complexity index is 226. The second-order valence-corrected chi connectivity index (χ2v) is 3.86. The molecule has 0 spiro atoms. The van der Waals surface area contributed by atoms with Gasteiger partial charge in [-0.25, -0.2) is 0 Å². The Morgan fingerprint density at radius 1 is 1.21 bits per heavy atom. The van der Waals surface area contributed by atoms with Gasteiger partial charge in [0.15, 0.2) is 0 Å². The highest BCUT2D eigenvalue weighted by Crippen LogP contribution is 2.04. The lowest BCUT2D eigenvalue weighted by Gasteiger charge is -2.03. The van der Waals surface area contributed by atoms with Crippen LogP contribution in [0.25, 0.3) is 0 Å². The summed E-state index contributed by atoms with van der Waals surface area (Å²) in [5, 5.41) is 0. The van der Waals surface area contributed by atoms with Crippen molar-refractivity contribution in [3.63, 3.8) is 0 Å². The second kappa shape index (κ2) is 7.85.